The van der Waals surface area contributed by atoms with Crippen LogP contribution in [-0.2, 0) is 13.1 Å². The summed E-state index contributed by atoms with van der Waals surface area (Å²) in [7, 11) is 3.66. The molecule has 1 saturated heterocycles. The number of rotatable bonds is 10. The zero-order valence-corrected chi connectivity index (χ0v) is 17.8. The number of aliphatic hydroxyl groups is 1. The number of hydrogen-bond donors (Lipinski definition) is 1. The fourth-order valence-electron chi connectivity index (χ4n) is 3.74. The first-order valence-corrected chi connectivity index (χ1v) is 10.3. The Morgan fingerprint density at radius 1 is 1.17 bits per heavy atom. The lowest BCUT2D eigenvalue weighted by molar-refractivity contribution is 0.0608. The minimum Gasteiger partial charge on any atom is -0.493 e. The molecule has 2 aromatic rings. The molecule has 0 radical (unpaired) electrons. The molecule has 1 unspecified atom stereocenters. The molecule has 2 heterocycles. The molecule has 7 heteroatoms. The molecule has 1 aromatic heterocycles. The van der Waals surface area contributed by atoms with Crippen LogP contribution in [0.25, 0.3) is 0 Å². The van der Waals surface area contributed by atoms with Crippen LogP contribution in [0.4, 0.5) is 0 Å². The van der Waals surface area contributed by atoms with Gasteiger partial charge in [0.1, 0.15) is 12.7 Å². The number of aryl methyl sites for hydroxylation is 1. The van der Waals surface area contributed by atoms with E-state index in [2.05, 4.69) is 15.0 Å². The topological polar surface area (TPSA) is 71.2 Å². The SMILES string of the molecule is COc1ccc(CN(C)Cc2cc(C)no2)cc1OCC(O)CN1CCCCC1. The van der Waals surface area contributed by atoms with Crippen molar-refractivity contribution in [1.82, 2.24) is 15.0 Å². The molecular formula is C22H33N3O4. The van der Waals surface area contributed by atoms with Gasteiger partial charge in [0, 0.05) is 19.2 Å². The summed E-state index contributed by atoms with van der Waals surface area (Å²) in [5.74, 6) is 2.18. The van der Waals surface area contributed by atoms with Gasteiger partial charge in [0.05, 0.1) is 19.3 Å². The molecule has 1 aliphatic heterocycles. The number of ether oxygens (including phenoxy) is 2. The van der Waals surface area contributed by atoms with E-state index in [9.17, 15) is 5.11 Å². The molecule has 160 valence electrons. The lowest BCUT2D eigenvalue weighted by Gasteiger charge is -2.28. The molecule has 1 aromatic carbocycles. The Labute approximate surface area is 173 Å². The number of benzene rings is 1. The minimum atomic E-state index is -0.515. The lowest BCUT2D eigenvalue weighted by Crippen LogP contribution is -2.38. The number of hydrogen-bond acceptors (Lipinski definition) is 7. The summed E-state index contributed by atoms with van der Waals surface area (Å²) in [6.07, 6.45) is 3.20. The van der Waals surface area contributed by atoms with Gasteiger partial charge in [-0.15, -0.1) is 0 Å². The van der Waals surface area contributed by atoms with Crippen molar-refractivity contribution < 1.29 is 19.1 Å². The zero-order chi connectivity index (χ0) is 20.6. The monoisotopic (exact) mass is 403 g/mol. The van der Waals surface area contributed by atoms with Gasteiger partial charge in [0.15, 0.2) is 17.3 Å². The van der Waals surface area contributed by atoms with Crippen molar-refractivity contribution in [3.63, 3.8) is 0 Å². The van der Waals surface area contributed by atoms with Crippen molar-refractivity contribution in [2.75, 3.05) is 40.4 Å². The van der Waals surface area contributed by atoms with Crippen LogP contribution in [0.3, 0.4) is 0 Å². The fraction of sp³-hybridized carbons (Fsp3) is 0.591. The predicted molar refractivity (Wildman–Crippen MR) is 111 cm³/mol. The highest BCUT2D eigenvalue weighted by molar-refractivity contribution is 5.43. The Balaban J connectivity index is 1.54. The smallest absolute Gasteiger partial charge is 0.161 e. The molecule has 3 rings (SSSR count). The molecule has 0 bridgehead atoms. The molecule has 0 saturated carbocycles. The van der Waals surface area contributed by atoms with Gasteiger partial charge in [-0.3, -0.25) is 4.90 Å². The van der Waals surface area contributed by atoms with E-state index < -0.39 is 6.10 Å². The van der Waals surface area contributed by atoms with Gasteiger partial charge in [-0.05, 0) is 57.6 Å². The second kappa shape index (κ2) is 10.6. The molecular weight excluding hydrogens is 370 g/mol. The minimum absolute atomic E-state index is 0.253. The standard InChI is InChI=1S/C22H33N3O4/c1-17-11-20(29-23-17)15-24(2)13-18-7-8-21(27-3)22(12-18)28-16-19(26)14-25-9-5-4-6-10-25/h7-8,11-12,19,26H,4-6,9-10,13-16H2,1-3H3. The Bertz CT molecular complexity index is 758. The van der Waals surface area contributed by atoms with E-state index in [4.69, 9.17) is 14.0 Å². The number of likely N-dealkylation sites (tertiary alicyclic amines) is 1. The first-order chi connectivity index (χ1) is 14.0. The van der Waals surface area contributed by atoms with Crippen LogP contribution in [0, 0.1) is 6.92 Å². The third kappa shape index (κ3) is 6.73. The molecule has 0 aliphatic carbocycles. The molecule has 0 amide bonds. The van der Waals surface area contributed by atoms with E-state index >= 15 is 0 Å². The lowest BCUT2D eigenvalue weighted by atomic mass is 10.1. The number of aromatic nitrogens is 1. The third-order valence-corrected chi connectivity index (χ3v) is 5.13. The van der Waals surface area contributed by atoms with Gasteiger partial charge < -0.3 is 24.0 Å². The Morgan fingerprint density at radius 3 is 2.66 bits per heavy atom. The first-order valence-electron chi connectivity index (χ1n) is 10.3. The van der Waals surface area contributed by atoms with E-state index in [0.717, 1.165) is 36.7 Å². The highest BCUT2D eigenvalue weighted by atomic mass is 16.5. The van der Waals surface area contributed by atoms with Gasteiger partial charge in [0.2, 0.25) is 0 Å². The van der Waals surface area contributed by atoms with Crippen molar-refractivity contribution in [3.05, 3.63) is 41.3 Å². The average Bonchev–Trinajstić information content (AvgIpc) is 3.11. The molecule has 7 nitrogen and oxygen atoms in total. The molecule has 1 N–H and O–H groups in total. The van der Waals surface area contributed by atoms with Crippen LogP contribution < -0.4 is 9.47 Å². The predicted octanol–water partition coefficient (Wildman–Crippen LogP) is 2.85. The van der Waals surface area contributed by atoms with Crippen LogP contribution in [-0.4, -0.2) is 66.6 Å². The third-order valence-electron chi connectivity index (χ3n) is 5.13. The summed E-state index contributed by atoms with van der Waals surface area (Å²) in [4.78, 5) is 4.46. The molecule has 1 atom stereocenters. The maximum absolute atomic E-state index is 10.4. The highest BCUT2D eigenvalue weighted by Crippen LogP contribution is 2.29. The highest BCUT2D eigenvalue weighted by Gasteiger charge is 2.16. The maximum Gasteiger partial charge on any atom is 0.161 e. The molecule has 29 heavy (non-hydrogen) atoms. The van der Waals surface area contributed by atoms with Gasteiger partial charge in [-0.1, -0.05) is 17.6 Å². The van der Waals surface area contributed by atoms with Gasteiger partial charge in [-0.2, -0.15) is 0 Å². The van der Waals surface area contributed by atoms with Crippen molar-refractivity contribution >= 4 is 0 Å². The van der Waals surface area contributed by atoms with Crippen LogP contribution in [0.15, 0.2) is 28.8 Å². The summed E-state index contributed by atoms with van der Waals surface area (Å²) >= 11 is 0. The Kier molecular flexibility index (Phi) is 7.91. The van der Waals surface area contributed by atoms with Crippen LogP contribution in [0.2, 0.25) is 0 Å². The zero-order valence-electron chi connectivity index (χ0n) is 17.8. The fourth-order valence-corrected chi connectivity index (χ4v) is 3.74. The molecule has 1 fully saturated rings. The van der Waals surface area contributed by atoms with E-state index in [0.29, 0.717) is 24.6 Å². The second-order valence-corrected chi connectivity index (χ2v) is 7.92. The summed E-state index contributed by atoms with van der Waals surface area (Å²) < 4.78 is 16.7. The normalized spacial score (nSPS) is 16.2. The van der Waals surface area contributed by atoms with E-state index in [-0.39, 0.29) is 6.61 Å². The molecule has 0 spiro atoms. The summed E-state index contributed by atoms with van der Waals surface area (Å²) in [6.45, 7) is 6.36. The first kappa shape index (κ1) is 21.6. The van der Waals surface area contributed by atoms with Crippen molar-refractivity contribution in [3.8, 4) is 11.5 Å². The summed E-state index contributed by atoms with van der Waals surface area (Å²) in [6, 6.07) is 7.86. The largest absolute Gasteiger partial charge is 0.493 e. The summed E-state index contributed by atoms with van der Waals surface area (Å²) in [5.41, 5.74) is 1.99. The molecule has 1 aliphatic rings. The second-order valence-electron chi connectivity index (χ2n) is 7.92. The average molecular weight is 404 g/mol. The van der Waals surface area contributed by atoms with E-state index in [1.165, 1.54) is 19.3 Å². The van der Waals surface area contributed by atoms with Gasteiger partial charge >= 0.3 is 0 Å². The quantitative estimate of drug-likeness (QED) is 0.654. The Hall–Kier alpha value is -2.09. The van der Waals surface area contributed by atoms with Crippen molar-refractivity contribution in [1.29, 1.82) is 0 Å². The van der Waals surface area contributed by atoms with Gasteiger partial charge in [-0.25, -0.2) is 0 Å². The van der Waals surface area contributed by atoms with E-state index in [1.807, 2.05) is 38.2 Å². The maximum atomic E-state index is 10.4. The number of β-amino-alcohol motifs (C(OH)–C–C–N with tert-alkyl or cyclic N) is 1. The number of aliphatic hydroxyl groups excluding tert-OH is 1. The van der Waals surface area contributed by atoms with Crippen LogP contribution in [0.1, 0.15) is 36.3 Å². The van der Waals surface area contributed by atoms with Gasteiger partial charge in [0.25, 0.3) is 0 Å². The van der Waals surface area contributed by atoms with Crippen LogP contribution in [0.5, 0.6) is 11.5 Å². The van der Waals surface area contributed by atoms with Crippen LogP contribution >= 0.6 is 0 Å². The van der Waals surface area contributed by atoms with Crippen molar-refractivity contribution in [2.24, 2.45) is 0 Å². The summed E-state index contributed by atoms with van der Waals surface area (Å²) in [5, 5.41) is 14.3. The number of methoxy groups -OCH3 is 1. The number of piperidine rings is 1. The Morgan fingerprint density at radius 2 is 1.97 bits per heavy atom. The number of nitrogens with zero attached hydrogens (tertiary/aromatic N) is 3. The van der Waals surface area contributed by atoms with E-state index in [1.54, 1.807) is 7.11 Å². The van der Waals surface area contributed by atoms with Crippen molar-refractivity contribution in [2.45, 2.75) is 45.4 Å².